The smallest absolute Gasteiger partial charge is 0.273 e. The number of rotatable bonds is 2. The summed E-state index contributed by atoms with van der Waals surface area (Å²) in [5.74, 6) is 0.372. The summed E-state index contributed by atoms with van der Waals surface area (Å²) in [7, 11) is 0. The lowest BCUT2D eigenvalue weighted by molar-refractivity contribution is -0.119. The quantitative estimate of drug-likeness (QED) is 0.303. The normalized spacial score (nSPS) is 37.8. The maximum Gasteiger partial charge on any atom is 0.273 e. The molecule has 9 nitrogen and oxygen atoms in total. The topological polar surface area (TPSA) is 138 Å². The minimum Gasteiger partial charge on any atom is -0.394 e. The van der Waals surface area contributed by atoms with Gasteiger partial charge in [-0.2, -0.15) is 0 Å². The van der Waals surface area contributed by atoms with Crippen molar-refractivity contribution in [2.45, 2.75) is 31.1 Å². The number of hydrogen-bond acceptors (Lipinski definition) is 8. The minimum absolute atomic E-state index is 0.113. The second-order valence-corrected chi connectivity index (χ2v) is 4.84. The van der Waals surface area contributed by atoms with Crippen LogP contribution in [0.2, 0.25) is 0 Å². The van der Waals surface area contributed by atoms with Gasteiger partial charge in [0, 0.05) is 12.5 Å². The van der Waals surface area contributed by atoms with Crippen molar-refractivity contribution in [2.75, 3.05) is 13.3 Å². The highest BCUT2D eigenvalue weighted by atomic mass is 16.5. The van der Waals surface area contributed by atoms with Crippen molar-refractivity contribution < 1.29 is 14.6 Å². The SMILES string of the molecule is NC1NC(=O)C2=C(N1)N([C@H]1CC(N)[C@@H](CO)O1)CN2. The highest BCUT2D eigenvalue weighted by Crippen LogP contribution is 2.27. The van der Waals surface area contributed by atoms with Gasteiger partial charge in [0.2, 0.25) is 0 Å². The van der Waals surface area contributed by atoms with Gasteiger partial charge in [0.05, 0.1) is 19.4 Å². The van der Waals surface area contributed by atoms with Gasteiger partial charge in [-0.1, -0.05) is 0 Å². The van der Waals surface area contributed by atoms with Gasteiger partial charge in [0.1, 0.15) is 17.7 Å². The zero-order valence-corrected chi connectivity index (χ0v) is 10.3. The zero-order chi connectivity index (χ0) is 13.6. The van der Waals surface area contributed by atoms with Crippen LogP contribution in [0.25, 0.3) is 0 Å². The van der Waals surface area contributed by atoms with E-state index in [2.05, 4.69) is 16.0 Å². The Morgan fingerprint density at radius 2 is 2.21 bits per heavy atom. The predicted octanol–water partition coefficient (Wildman–Crippen LogP) is -3.59. The number of hydrogen-bond donors (Lipinski definition) is 6. The van der Waals surface area contributed by atoms with E-state index in [9.17, 15) is 4.79 Å². The van der Waals surface area contributed by atoms with Crippen molar-refractivity contribution in [1.29, 1.82) is 0 Å². The molecule has 8 N–H and O–H groups in total. The first kappa shape index (κ1) is 12.5. The first-order chi connectivity index (χ1) is 9.10. The number of aliphatic hydroxyl groups excluding tert-OH is 1. The monoisotopic (exact) mass is 270 g/mol. The van der Waals surface area contributed by atoms with E-state index in [4.69, 9.17) is 21.3 Å². The molecule has 1 saturated heterocycles. The first-order valence-corrected chi connectivity index (χ1v) is 6.20. The Balaban J connectivity index is 1.78. The molecule has 3 rings (SSSR count). The Morgan fingerprint density at radius 1 is 1.42 bits per heavy atom. The highest BCUT2D eigenvalue weighted by molar-refractivity contribution is 5.94. The van der Waals surface area contributed by atoms with Gasteiger partial charge in [0.15, 0.2) is 6.29 Å². The van der Waals surface area contributed by atoms with Crippen molar-refractivity contribution in [1.82, 2.24) is 20.9 Å². The molecule has 2 unspecified atom stereocenters. The average molecular weight is 270 g/mol. The molecule has 9 heteroatoms. The van der Waals surface area contributed by atoms with E-state index in [1.165, 1.54) is 0 Å². The maximum absolute atomic E-state index is 11.7. The molecule has 0 bridgehead atoms. The molecule has 3 heterocycles. The number of carbonyl (C=O) groups is 1. The van der Waals surface area contributed by atoms with E-state index in [1.807, 2.05) is 4.90 Å². The summed E-state index contributed by atoms with van der Waals surface area (Å²) in [4.78, 5) is 13.6. The van der Waals surface area contributed by atoms with Crippen molar-refractivity contribution in [2.24, 2.45) is 11.5 Å². The summed E-state index contributed by atoms with van der Waals surface area (Å²) in [5, 5.41) is 17.7. The van der Waals surface area contributed by atoms with Crippen molar-refractivity contribution in [3.63, 3.8) is 0 Å². The van der Waals surface area contributed by atoms with Crippen LogP contribution in [-0.2, 0) is 9.53 Å². The average Bonchev–Trinajstić information content (AvgIpc) is 2.92. The lowest BCUT2D eigenvalue weighted by Crippen LogP contribution is -2.57. The van der Waals surface area contributed by atoms with Crippen LogP contribution in [0.5, 0.6) is 0 Å². The molecule has 19 heavy (non-hydrogen) atoms. The molecule has 1 amide bonds. The molecule has 0 aromatic heterocycles. The Hall–Kier alpha value is -1.55. The summed E-state index contributed by atoms with van der Waals surface area (Å²) in [6.45, 7) is 0.325. The second-order valence-electron chi connectivity index (χ2n) is 4.84. The van der Waals surface area contributed by atoms with Gasteiger partial charge in [-0.25, -0.2) is 0 Å². The predicted molar refractivity (Wildman–Crippen MR) is 64.5 cm³/mol. The van der Waals surface area contributed by atoms with Crippen LogP contribution in [0.4, 0.5) is 0 Å². The molecule has 0 spiro atoms. The lowest BCUT2D eigenvalue weighted by atomic mass is 10.1. The van der Waals surface area contributed by atoms with E-state index in [0.29, 0.717) is 24.6 Å². The molecule has 0 radical (unpaired) electrons. The van der Waals surface area contributed by atoms with E-state index in [1.54, 1.807) is 0 Å². The fraction of sp³-hybridized carbons (Fsp3) is 0.700. The Labute approximate surface area is 109 Å². The van der Waals surface area contributed by atoms with Crippen molar-refractivity contribution in [3.8, 4) is 0 Å². The van der Waals surface area contributed by atoms with Crippen molar-refractivity contribution >= 4 is 5.91 Å². The summed E-state index contributed by atoms with van der Waals surface area (Å²) < 4.78 is 5.69. The Morgan fingerprint density at radius 3 is 2.89 bits per heavy atom. The van der Waals surface area contributed by atoms with Crippen molar-refractivity contribution in [3.05, 3.63) is 11.5 Å². The van der Waals surface area contributed by atoms with E-state index in [0.717, 1.165) is 0 Å². The van der Waals surface area contributed by atoms with Crippen LogP contribution in [0.15, 0.2) is 11.5 Å². The number of amides is 1. The molecule has 0 saturated carbocycles. The lowest BCUT2D eigenvalue weighted by Gasteiger charge is -2.31. The number of aliphatic hydroxyl groups is 1. The Kier molecular flexibility index (Phi) is 2.97. The van der Waals surface area contributed by atoms with Gasteiger partial charge < -0.3 is 36.4 Å². The maximum atomic E-state index is 11.7. The fourth-order valence-electron chi connectivity index (χ4n) is 2.58. The minimum atomic E-state index is -0.627. The van der Waals surface area contributed by atoms with Gasteiger partial charge >= 0.3 is 0 Å². The number of carbonyl (C=O) groups excluding carboxylic acids is 1. The first-order valence-electron chi connectivity index (χ1n) is 6.20. The zero-order valence-electron chi connectivity index (χ0n) is 10.3. The molecular formula is C10H18N6O3. The van der Waals surface area contributed by atoms with Crippen LogP contribution in [-0.4, -0.2) is 53.9 Å². The van der Waals surface area contributed by atoms with Crippen LogP contribution in [0.1, 0.15) is 6.42 Å². The van der Waals surface area contributed by atoms with E-state index >= 15 is 0 Å². The summed E-state index contributed by atoms with van der Waals surface area (Å²) in [5.41, 5.74) is 12.0. The third kappa shape index (κ3) is 2.00. The number of ether oxygens (including phenoxy) is 1. The largest absolute Gasteiger partial charge is 0.394 e. The molecule has 4 atom stereocenters. The van der Waals surface area contributed by atoms with Crippen LogP contribution >= 0.6 is 0 Å². The molecule has 3 aliphatic rings. The third-order valence-electron chi connectivity index (χ3n) is 3.57. The second kappa shape index (κ2) is 4.53. The number of nitrogens with zero attached hydrogens (tertiary/aromatic N) is 1. The molecule has 0 aliphatic carbocycles. The number of nitrogens with one attached hydrogen (secondary N) is 3. The Bertz CT molecular complexity index is 427. The molecular weight excluding hydrogens is 252 g/mol. The van der Waals surface area contributed by atoms with Gasteiger partial charge in [-0.05, 0) is 0 Å². The number of nitrogens with two attached hydrogens (primary N) is 2. The molecule has 0 aromatic carbocycles. The van der Waals surface area contributed by atoms with Crippen LogP contribution in [0.3, 0.4) is 0 Å². The van der Waals surface area contributed by atoms with Crippen LogP contribution in [0, 0.1) is 0 Å². The standard InChI is InChI=1S/C10H18N6O3/c11-4-1-6(19-5(4)2-17)16-3-13-7-8(16)14-10(12)15-9(7)18/h4-6,10,13-14,17H,1-3,11-12H2,(H,15,18)/t4?,5-,6-,10?/m1/s1. The highest BCUT2D eigenvalue weighted by Gasteiger charge is 2.41. The molecule has 1 fully saturated rings. The third-order valence-corrected chi connectivity index (χ3v) is 3.57. The molecule has 0 aromatic rings. The summed E-state index contributed by atoms with van der Waals surface area (Å²) in [6, 6.07) is -0.217. The fourth-order valence-corrected chi connectivity index (χ4v) is 2.58. The van der Waals surface area contributed by atoms with Gasteiger partial charge in [-0.15, -0.1) is 0 Å². The van der Waals surface area contributed by atoms with E-state index < -0.39 is 6.29 Å². The molecule has 106 valence electrons. The summed E-state index contributed by atoms with van der Waals surface area (Å²) in [6.07, 6.45) is -0.696. The van der Waals surface area contributed by atoms with E-state index in [-0.39, 0.29) is 30.9 Å². The van der Waals surface area contributed by atoms with Crippen LogP contribution < -0.4 is 27.4 Å². The van der Waals surface area contributed by atoms with Gasteiger partial charge in [-0.3, -0.25) is 10.5 Å². The molecule has 3 aliphatic heterocycles. The summed E-state index contributed by atoms with van der Waals surface area (Å²) >= 11 is 0. The van der Waals surface area contributed by atoms with Gasteiger partial charge in [0.25, 0.3) is 5.91 Å².